The molecule has 4 heteroatoms. The molecule has 0 aromatic rings. The van der Waals surface area contributed by atoms with Gasteiger partial charge >= 0.3 is 0 Å². The lowest BCUT2D eigenvalue weighted by atomic mass is 10.0. The molecule has 1 heterocycles. The Kier molecular flexibility index (Phi) is 4.25. The van der Waals surface area contributed by atoms with Gasteiger partial charge < -0.3 is 10.1 Å². The predicted octanol–water partition coefficient (Wildman–Crippen LogP) is 2.09. The second-order valence-electron chi connectivity index (χ2n) is 5.03. The average molecular weight is 290 g/mol. The van der Waals surface area contributed by atoms with Crippen molar-refractivity contribution in [3.05, 3.63) is 0 Å². The Balaban J connectivity index is 1.71. The fourth-order valence-electron chi connectivity index (χ4n) is 2.60. The number of rotatable bonds is 3. The Bertz CT molecular complexity index is 259. The van der Waals surface area contributed by atoms with Crippen molar-refractivity contribution in [2.75, 3.05) is 13.2 Å². The fourth-order valence-corrected chi connectivity index (χ4v) is 3.37. The van der Waals surface area contributed by atoms with E-state index < -0.39 is 0 Å². The molecule has 2 aliphatic rings. The molecule has 4 atom stereocenters. The van der Waals surface area contributed by atoms with Gasteiger partial charge in [-0.25, -0.2) is 0 Å². The van der Waals surface area contributed by atoms with Crippen LogP contribution in [-0.2, 0) is 9.53 Å². The van der Waals surface area contributed by atoms with Crippen molar-refractivity contribution < 1.29 is 9.53 Å². The summed E-state index contributed by atoms with van der Waals surface area (Å²) in [6, 6.07) is 0. The van der Waals surface area contributed by atoms with E-state index >= 15 is 0 Å². The molecule has 16 heavy (non-hydrogen) atoms. The quantitative estimate of drug-likeness (QED) is 0.808. The van der Waals surface area contributed by atoms with Gasteiger partial charge in [-0.3, -0.25) is 4.79 Å². The van der Waals surface area contributed by atoms with Gasteiger partial charge in [-0.15, -0.1) is 0 Å². The summed E-state index contributed by atoms with van der Waals surface area (Å²) < 4.78 is 5.41. The summed E-state index contributed by atoms with van der Waals surface area (Å²) in [7, 11) is 0. The number of hydrogen-bond acceptors (Lipinski definition) is 2. The largest absolute Gasteiger partial charge is 0.378 e. The topological polar surface area (TPSA) is 38.3 Å². The molecule has 0 aromatic carbocycles. The second kappa shape index (κ2) is 5.50. The molecule has 0 spiro atoms. The van der Waals surface area contributed by atoms with Gasteiger partial charge in [0.2, 0.25) is 5.91 Å². The Morgan fingerprint density at radius 3 is 2.88 bits per heavy atom. The van der Waals surface area contributed by atoms with Gasteiger partial charge in [0, 0.05) is 11.4 Å². The van der Waals surface area contributed by atoms with Gasteiger partial charge in [-0.05, 0) is 32.1 Å². The number of carbonyl (C=O) groups excluding carboxylic acids is 1. The summed E-state index contributed by atoms with van der Waals surface area (Å²) in [5.41, 5.74) is 0. The SMILES string of the molecule is CC1CC(C(=O)NCC2CCCC2Br)CO1. The van der Waals surface area contributed by atoms with Gasteiger partial charge in [0.1, 0.15) is 0 Å². The lowest BCUT2D eigenvalue weighted by Crippen LogP contribution is -2.35. The van der Waals surface area contributed by atoms with Gasteiger partial charge in [-0.1, -0.05) is 22.4 Å². The first-order valence-corrected chi connectivity index (χ1v) is 7.11. The molecule has 3 nitrogen and oxygen atoms in total. The zero-order chi connectivity index (χ0) is 11.5. The van der Waals surface area contributed by atoms with E-state index in [0.717, 1.165) is 13.0 Å². The highest BCUT2D eigenvalue weighted by molar-refractivity contribution is 9.09. The van der Waals surface area contributed by atoms with Crippen LogP contribution in [0.15, 0.2) is 0 Å². The van der Waals surface area contributed by atoms with E-state index in [0.29, 0.717) is 17.4 Å². The minimum Gasteiger partial charge on any atom is -0.378 e. The first kappa shape index (κ1) is 12.4. The summed E-state index contributed by atoms with van der Waals surface area (Å²) in [6.07, 6.45) is 4.86. The summed E-state index contributed by atoms with van der Waals surface area (Å²) in [6.45, 7) is 3.44. The third-order valence-corrected chi connectivity index (χ3v) is 4.88. The molecule has 0 radical (unpaired) electrons. The molecule has 1 saturated heterocycles. The van der Waals surface area contributed by atoms with E-state index in [1.807, 2.05) is 6.92 Å². The van der Waals surface area contributed by atoms with E-state index in [1.54, 1.807) is 0 Å². The number of hydrogen-bond donors (Lipinski definition) is 1. The summed E-state index contributed by atoms with van der Waals surface area (Å²) in [4.78, 5) is 12.4. The standard InChI is InChI=1S/C12H20BrNO2/c1-8-5-10(7-16-8)12(15)14-6-9-3-2-4-11(9)13/h8-11H,2-7H2,1H3,(H,14,15). The van der Waals surface area contributed by atoms with Crippen molar-refractivity contribution in [3.8, 4) is 0 Å². The van der Waals surface area contributed by atoms with E-state index in [9.17, 15) is 4.79 Å². The van der Waals surface area contributed by atoms with Gasteiger partial charge in [0.25, 0.3) is 0 Å². The number of amides is 1. The minimum atomic E-state index is 0.0742. The normalized spacial score (nSPS) is 38.9. The van der Waals surface area contributed by atoms with Crippen molar-refractivity contribution in [1.29, 1.82) is 0 Å². The van der Waals surface area contributed by atoms with E-state index in [-0.39, 0.29) is 17.9 Å². The van der Waals surface area contributed by atoms with E-state index in [2.05, 4.69) is 21.2 Å². The van der Waals surface area contributed by atoms with E-state index in [1.165, 1.54) is 19.3 Å². The van der Waals surface area contributed by atoms with Crippen LogP contribution in [0.2, 0.25) is 0 Å². The van der Waals surface area contributed by atoms with Crippen molar-refractivity contribution in [2.45, 2.75) is 43.5 Å². The molecule has 1 aliphatic carbocycles. The molecular weight excluding hydrogens is 270 g/mol. The first-order valence-electron chi connectivity index (χ1n) is 6.20. The van der Waals surface area contributed by atoms with Crippen LogP contribution in [0, 0.1) is 11.8 Å². The van der Waals surface area contributed by atoms with Crippen molar-refractivity contribution in [2.24, 2.45) is 11.8 Å². The third-order valence-electron chi connectivity index (χ3n) is 3.67. The molecule has 1 N–H and O–H groups in total. The predicted molar refractivity (Wildman–Crippen MR) is 66.6 cm³/mol. The smallest absolute Gasteiger partial charge is 0.225 e. The molecule has 0 aromatic heterocycles. The maximum absolute atomic E-state index is 11.8. The number of halogens is 1. The van der Waals surface area contributed by atoms with Gasteiger partial charge in [0.15, 0.2) is 0 Å². The maximum atomic E-state index is 11.8. The van der Waals surface area contributed by atoms with Crippen molar-refractivity contribution in [3.63, 3.8) is 0 Å². The third kappa shape index (κ3) is 2.98. The number of carbonyl (C=O) groups is 1. The van der Waals surface area contributed by atoms with Gasteiger partial charge in [-0.2, -0.15) is 0 Å². The van der Waals surface area contributed by atoms with Crippen LogP contribution in [0.4, 0.5) is 0 Å². The molecule has 1 amide bonds. The minimum absolute atomic E-state index is 0.0742. The molecular formula is C12H20BrNO2. The monoisotopic (exact) mass is 289 g/mol. The first-order chi connectivity index (χ1) is 7.66. The molecule has 2 rings (SSSR count). The molecule has 1 saturated carbocycles. The fraction of sp³-hybridized carbons (Fsp3) is 0.917. The highest BCUT2D eigenvalue weighted by Crippen LogP contribution is 2.31. The van der Waals surface area contributed by atoms with Crippen LogP contribution < -0.4 is 5.32 Å². The molecule has 0 bridgehead atoms. The van der Waals surface area contributed by atoms with Crippen LogP contribution in [-0.4, -0.2) is 30.0 Å². The number of nitrogens with one attached hydrogen (secondary N) is 1. The van der Waals surface area contributed by atoms with Crippen LogP contribution in [0.25, 0.3) is 0 Å². The molecule has 2 fully saturated rings. The molecule has 4 unspecified atom stereocenters. The molecule has 92 valence electrons. The zero-order valence-corrected chi connectivity index (χ0v) is 11.3. The lowest BCUT2D eigenvalue weighted by Gasteiger charge is -2.16. The van der Waals surface area contributed by atoms with Crippen LogP contribution in [0.1, 0.15) is 32.6 Å². The van der Waals surface area contributed by atoms with Crippen molar-refractivity contribution >= 4 is 21.8 Å². The Morgan fingerprint density at radius 2 is 2.31 bits per heavy atom. The van der Waals surface area contributed by atoms with Crippen LogP contribution in [0.3, 0.4) is 0 Å². The van der Waals surface area contributed by atoms with Crippen LogP contribution >= 0.6 is 15.9 Å². The highest BCUT2D eigenvalue weighted by Gasteiger charge is 2.30. The highest BCUT2D eigenvalue weighted by atomic mass is 79.9. The van der Waals surface area contributed by atoms with Gasteiger partial charge in [0.05, 0.1) is 18.6 Å². The Morgan fingerprint density at radius 1 is 1.50 bits per heavy atom. The van der Waals surface area contributed by atoms with Crippen LogP contribution in [0.5, 0.6) is 0 Å². The summed E-state index contributed by atoms with van der Waals surface area (Å²) in [5, 5.41) is 3.07. The second-order valence-corrected chi connectivity index (χ2v) is 6.20. The summed E-state index contributed by atoms with van der Waals surface area (Å²) >= 11 is 3.67. The Hall–Kier alpha value is -0.0900. The lowest BCUT2D eigenvalue weighted by molar-refractivity contribution is -0.125. The van der Waals surface area contributed by atoms with E-state index in [4.69, 9.17) is 4.74 Å². The maximum Gasteiger partial charge on any atom is 0.225 e. The number of ether oxygens (including phenoxy) is 1. The zero-order valence-electron chi connectivity index (χ0n) is 9.75. The molecule has 1 aliphatic heterocycles. The average Bonchev–Trinajstić information content (AvgIpc) is 2.84. The summed E-state index contributed by atoms with van der Waals surface area (Å²) in [5.74, 6) is 0.866. The van der Waals surface area contributed by atoms with Crippen molar-refractivity contribution in [1.82, 2.24) is 5.32 Å². The Labute approximate surface area is 105 Å². The number of alkyl halides is 1.